The minimum Gasteiger partial charge on any atom is -0.496 e. The average molecular weight is 416 g/mol. The molecule has 0 radical (unpaired) electrons. The van der Waals surface area contributed by atoms with Crippen molar-refractivity contribution in [1.82, 2.24) is 0 Å². The van der Waals surface area contributed by atoms with E-state index in [-0.39, 0.29) is 0 Å². The van der Waals surface area contributed by atoms with Gasteiger partial charge in [-0.2, -0.15) is 5.26 Å². The summed E-state index contributed by atoms with van der Waals surface area (Å²) in [6.07, 6.45) is 4.76. The van der Waals surface area contributed by atoms with Crippen molar-refractivity contribution in [3.63, 3.8) is 0 Å². The molecule has 0 saturated carbocycles. The van der Waals surface area contributed by atoms with Crippen molar-refractivity contribution in [3.8, 4) is 17.6 Å². The number of nitrogens with zero attached hydrogens (tertiary/aromatic N) is 1. The number of carbonyl (C=O) groups is 1. The van der Waals surface area contributed by atoms with Gasteiger partial charge in [0, 0.05) is 16.7 Å². The van der Waals surface area contributed by atoms with Gasteiger partial charge in [-0.3, -0.25) is 0 Å². The van der Waals surface area contributed by atoms with Crippen LogP contribution in [0.2, 0.25) is 5.02 Å². The molecule has 0 unspecified atom stereocenters. The van der Waals surface area contributed by atoms with Crippen LogP contribution in [0.5, 0.6) is 11.5 Å². The van der Waals surface area contributed by atoms with Gasteiger partial charge in [-0.05, 0) is 59.7 Å². The number of nitriles is 1. The van der Waals surface area contributed by atoms with E-state index in [1.165, 1.54) is 6.08 Å². The zero-order valence-electron chi connectivity index (χ0n) is 16.2. The predicted octanol–water partition coefficient (Wildman–Crippen LogP) is 6.03. The Bertz CT molecular complexity index is 1120. The summed E-state index contributed by atoms with van der Waals surface area (Å²) in [5, 5.41) is 10.2. The Balaban J connectivity index is 1.69. The molecule has 0 saturated heterocycles. The summed E-state index contributed by atoms with van der Waals surface area (Å²) in [7, 11) is 1.57. The van der Waals surface area contributed by atoms with E-state index in [0.29, 0.717) is 27.7 Å². The molecule has 148 valence electrons. The maximum Gasteiger partial charge on any atom is 0.336 e. The molecular weight excluding hydrogens is 398 g/mol. The fraction of sp³-hybridized carbons (Fsp3) is 0.0400. The lowest BCUT2D eigenvalue weighted by Crippen LogP contribution is -2.03. The van der Waals surface area contributed by atoms with E-state index in [1.807, 2.05) is 30.3 Å². The summed E-state index contributed by atoms with van der Waals surface area (Å²) in [5.74, 6) is 0.553. The zero-order chi connectivity index (χ0) is 21.3. The number of ether oxygens (including phenoxy) is 2. The quantitative estimate of drug-likeness (QED) is 0.162. The fourth-order valence-corrected chi connectivity index (χ4v) is 2.85. The summed E-state index contributed by atoms with van der Waals surface area (Å²) in [5.41, 5.74) is 2.83. The first-order chi connectivity index (χ1) is 14.6. The minimum atomic E-state index is -0.486. The van der Waals surface area contributed by atoms with Gasteiger partial charge in [-0.1, -0.05) is 48.0 Å². The molecule has 0 spiro atoms. The van der Waals surface area contributed by atoms with Gasteiger partial charge in [0.2, 0.25) is 0 Å². The normalized spacial score (nSPS) is 11.2. The number of halogens is 1. The number of benzene rings is 3. The van der Waals surface area contributed by atoms with Gasteiger partial charge < -0.3 is 9.47 Å². The summed E-state index contributed by atoms with van der Waals surface area (Å²) in [4.78, 5) is 12.0. The van der Waals surface area contributed by atoms with Gasteiger partial charge in [-0.15, -0.1) is 0 Å². The van der Waals surface area contributed by atoms with E-state index in [1.54, 1.807) is 61.7 Å². The van der Waals surface area contributed by atoms with Crippen molar-refractivity contribution in [3.05, 3.63) is 101 Å². The van der Waals surface area contributed by atoms with E-state index in [9.17, 15) is 10.1 Å². The molecular formula is C25H18ClNO3. The topological polar surface area (TPSA) is 59.3 Å². The van der Waals surface area contributed by atoms with E-state index in [4.69, 9.17) is 21.1 Å². The molecule has 0 heterocycles. The Morgan fingerprint density at radius 1 is 0.967 bits per heavy atom. The van der Waals surface area contributed by atoms with Gasteiger partial charge in [0.15, 0.2) is 0 Å². The Hall–Kier alpha value is -3.81. The molecule has 0 fully saturated rings. The molecule has 0 bridgehead atoms. The molecule has 0 amide bonds. The number of hydrogen-bond donors (Lipinski definition) is 0. The minimum absolute atomic E-state index is 0.411. The molecule has 0 aromatic heterocycles. The third-order valence-electron chi connectivity index (χ3n) is 4.21. The number of esters is 1. The molecule has 0 aliphatic heterocycles. The second kappa shape index (κ2) is 10.1. The number of carbonyl (C=O) groups excluding carboxylic acids is 1. The zero-order valence-corrected chi connectivity index (χ0v) is 17.0. The molecule has 3 aromatic rings. The summed E-state index contributed by atoms with van der Waals surface area (Å²) < 4.78 is 10.6. The highest BCUT2D eigenvalue weighted by molar-refractivity contribution is 6.30. The Kier molecular flexibility index (Phi) is 7.05. The third kappa shape index (κ3) is 5.60. The molecule has 3 aromatic carbocycles. The molecule has 4 nitrogen and oxygen atoms in total. The van der Waals surface area contributed by atoms with Gasteiger partial charge in [-0.25, -0.2) is 4.79 Å². The first-order valence-electron chi connectivity index (χ1n) is 9.10. The summed E-state index contributed by atoms with van der Waals surface area (Å²) in [6.45, 7) is 0. The van der Waals surface area contributed by atoms with Crippen LogP contribution in [0.25, 0.3) is 17.7 Å². The van der Waals surface area contributed by atoms with Crippen LogP contribution in [0.3, 0.4) is 0 Å². The Morgan fingerprint density at radius 2 is 1.63 bits per heavy atom. The second-order valence-electron chi connectivity index (χ2n) is 6.25. The smallest absolute Gasteiger partial charge is 0.336 e. The van der Waals surface area contributed by atoms with E-state index >= 15 is 0 Å². The van der Waals surface area contributed by atoms with Crippen LogP contribution in [-0.2, 0) is 4.79 Å². The molecule has 30 heavy (non-hydrogen) atoms. The maximum atomic E-state index is 12.0. The predicted molar refractivity (Wildman–Crippen MR) is 119 cm³/mol. The molecule has 0 atom stereocenters. The third-order valence-corrected chi connectivity index (χ3v) is 4.46. The lowest BCUT2D eigenvalue weighted by Gasteiger charge is -2.07. The van der Waals surface area contributed by atoms with Gasteiger partial charge in [0.05, 0.1) is 18.8 Å². The van der Waals surface area contributed by atoms with Crippen molar-refractivity contribution >= 4 is 35.3 Å². The lowest BCUT2D eigenvalue weighted by molar-refractivity contribution is -0.128. The average Bonchev–Trinajstić information content (AvgIpc) is 2.78. The van der Waals surface area contributed by atoms with E-state index in [0.717, 1.165) is 11.1 Å². The van der Waals surface area contributed by atoms with Crippen LogP contribution in [0.4, 0.5) is 0 Å². The highest BCUT2D eigenvalue weighted by atomic mass is 35.5. The first kappa shape index (κ1) is 20.9. The van der Waals surface area contributed by atoms with Crippen molar-refractivity contribution in [2.24, 2.45) is 0 Å². The highest BCUT2D eigenvalue weighted by Crippen LogP contribution is 2.27. The summed E-state index contributed by atoms with van der Waals surface area (Å²) in [6, 6.07) is 23.6. The second-order valence-corrected chi connectivity index (χ2v) is 6.68. The van der Waals surface area contributed by atoms with E-state index in [2.05, 4.69) is 6.07 Å². The van der Waals surface area contributed by atoms with Crippen LogP contribution in [0.1, 0.15) is 16.7 Å². The Morgan fingerprint density at radius 3 is 2.30 bits per heavy atom. The number of hydrogen-bond acceptors (Lipinski definition) is 4. The molecule has 0 N–H and O–H groups in total. The van der Waals surface area contributed by atoms with Crippen LogP contribution < -0.4 is 9.47 Å². The number of allylic oxidation sites excluding steroid dienone is 1. The van der Waals surface area contributed by atoms with Gasteiger partial charge >= 0.3 is 5.97 Å². The molecule has 0 aliphatic rings. The lowest BCUT2D eigenvalue weighted by atomic mass is 10.0. The highest BCUT2D eigenvalue weighted by Gasteiger charge is 2.08. The van der Waals surface area contributed by atoms with Gasteiger partial charge in [0.1, 0.15) is 11.5 Å². The molecule has 5 heteroatoms. The molecule has 0 aliphatic carbocycles. The maximum absolute atomic E-state index is 12.0. The van der Waals surface area contributed by atoms with Crippen LogP contribution in [-0.4, -0.2) is 13.1 Å². The van der Waals surface area contributed by atoms with Crippen molar-refractivity contribution in [2.45, 2.75) is 0 Å². The summed E-state index contributed by atoms with van der Waals surface area (Å²) >= 11 is 5.84. The fourth-order valence-electron chi connectivity index (χ4n) is 2.72. The van der Waals surface area contributed by atoms with Crippen molar-refractivity contribution < 1.29 is 14.3 Å². The van der Waals surface area contributed by atoms with Crippen molar-refractivity contribution in [1.29, 1.82) is 5.26 Å². The monoisotopic (exact) mass is 415 g/mol. The number of para-hydroxylation sites is 1. The number of rotatable bonds is 6. The molecule has 3 rings (SSSR count). The first-order valence-corrected chi connectivity index (χ1v) is 9.47. The van der Waals surface area contributed by atoms with Crippen molar-refractivity contribution in [2.75, 3.05) is 7.11 Å². The van der Waals surface area contributed by atoms with Gasteiger partial charge in [0.25, 0.3) is 0 Å². The van der Waals surface area contributed by atoms with Crippen LogP contribution >= 0.6 is 11.6 Å². The van der Waals surface area contributed by atoms with E-state index < -0.39 is 5.97 Å². The standard InChI is InChI=1S/C25H18ClNO3/c1-29-24-5-3-2-4-23(24)20(17-27)16-19-8-13-22(14-9-19)30-25(28)15-10-18-6-11-21(26)12-7-18/h2-16H,1H3/b15-10+,20-16-. The Labute approximate surface area is 180 Å². The van der Waals surface area contributed by atoms with Crippen LogP contribution in [0, 0.1) is 11.3 Å². The SMILES string of the molecule is COc1ccccc1/C(C#N)=C\c1ccc(OC(=O)/C=C/c2ccc(Cl)cc2)cc1. The number of methoxy groups -OCH3 is 1. The van der Waals surface area contributed by atoms with Crippen LogP contribution in [0.15, 0.2) is 78.9 Å². The largest absolute Gasteiger partial charge is 0.496 e.